The average Bonchev–Trinajstić information content (AvgIpc) is 3.73. The van der Waals surface area contributed by atoms with Gasteiger partial charge in [0.25, 0.3) is 0 Å². The van der Waals surface area contributed by atoms with Crippen molar-refractivity contribution in [2.24, 2.45) is 5.92 Å². The Morgan fingerprint density at radius 2 is 1.88 bits per heavy atom. The molecule has 6 aliphatic rings. The van der Waals surface area contributed by atoms with Crippen LogP contribution in [0.4, 0.5) is 11.5 Å². The third kappa shape index (κ3) is 3.22. The van der Waals surface area contributed by atoms with E-state index in [4.69, 9.17) is 4.98 Å². The number of aromatic nitrogens is 1. The first-order valence-electron chi connectivity index (χ1n) is 14.5. The van der Waals surface area contributed by atoms with Crippen LogP contribution in [0.25, 0.3) is 5.70 Å². The first-order chi connectivity index (χ1) is 19.6. The van der Waals surface area contributed by atoms with Crippen LogP contribution >= 0.6 is 0 Å². The van der Waals surface area contributed by atoms with Crippen molar-refractivity contribution in [2.45, 2.75) is 57.0 Å². The molecule has 6 heteroatoms. The fourth-order valence-electron chi connectivity index (χ4n) is 7.87. The predicted molar refractivity (Wildman–Crippen MR) is 155 cm³/mol. The smallest absolute Gasteiger partial charge is 0.335 e. The topological polar surface area (TPSA) is 77.3 Å². The highest BCUT2D eigenvalue weighted by Gasteiger charge is 2.54. The Morgan fingerprint density at radius 3 is 2.75 bits per heavy atom. The quantitative estimate of drug-likeness (QED) is 0.333. The standard InChI is InChI=1S/C34H30N4O2/c39-34(40)24-11-7-20-14-21-9-10-22-15-25-16-23-8-6-19-12-13-27-31(18-4-2-1-3-5-18)38(27)32(19)30(23)37-33(25)36-29(22)28(21)35-26(20)17-24/h1-7,11,15,17,23,27,31,35H,8-10,12-14,16H2,(H,36,37)(H,39,40). The minimum Gasteiger partial charge on any atom is -0.478 e. The second-order valence-electron chi connectivity index (χ2n) is 12.1. The Bertz CT molecular complexity index is 1730. The zero-order valence-electron chi connectivity index (χ0n) is 22.2. The zero-order chi connectivity index (χ0) is 26.5. The van der Waals surface area contributed by atoms with Gasteiger partial charge in [0.05, 0.1) is 34.7 Å². The van der Waals surface area contributed by atoms with Crippen LogP contribution in [0.15, 0.2) is 83.2 Å². The summed E-state index contributed by atoms with van der Waals surface area (Å²) in [5.41, 5.74) is 14.1. The van der Waals surface area contributed by atoms with Gasteiger partial charge in [-0.05, 0) is 96.5 Å². The number of pyridine rings is 1. The third-order valence-corrected chi connectivity index (χ3v) is 9.86. The SMILES string of the molecule is O=C(O)c1ccc2c(c1)NC1=C(CCc3cc4c(nc31)NC1=C3C(=CCC1C4)CCC1C(c4ccccc4)N31)C2. The summed E-state index contributed by atoms with van der Waals surface area (Å²) < 4.78 is 0. The van der Waals surface area contributed by atoms with Gasteiger partial charge in [-0.2, -0.15) is 0 Å². The van der Waals surface area contributed by atoms with Crippen LogP contribution in [0.3, 0.4) is 0 Å². The van der Waals surface area contributed by atoms with Gasteiger partial charge in [0.1, 0.15) is 5.82 Å². The van der Waals surface area contributed by atoms with Crippen molar-refractivity contribution in [2.75, 3.05) is 10.6 Å². The molecule has 0 radical (unpaired) electrons. The van der Waals surface area contributed by atoms with Crippen molar-refractivity contribution in [3.8, 4) is 0 Å². The van der Waals surface area contributed by atoms with Gasteiger partial charge in [0, 0.05) is 17.3 Å². The van der Waals surface area contributed by atoms with E-state index in [0.717, 1.165) is 67.0 Å². The minimum atomic E-state index is -0.902. The van der Waals surface area contributed by atoms with Gasteiger partial charge in [0.15, 0.2) is 0 Å². The van der Waals surface area contributed by atoms with Crippen LogP contribution in [-0.2, 0) is 19.3 Å². The number of rotatable bonds is 2. The third-order valence-electron chi connectivity index (χ3n) is 9.86. The number of aromatic carboxylic acids is 1. The number of hydrogen-bond donors (Lipinski definition) is 3. The van der Waals surface area contributed by atoms with Gasteiger partial charge >= 0.3 is 5.97 Å². The molecule has 0 amide bonds. The number of piperidine rings is 1. The number of fused-ring (bicyclic) bond motifs is 8. The molecule has 3 aromatic rings. The molecule has 3 atom stereocenters. The summed E-state index contributed by atoms with van der Waals surface area (Å²) in [6.07, 6.45) is 9.83. The number of carboxylic acid groups (broad SMARTS) is 1. The van der Waals surface area contributed by atoms with E-state index in [1.165, 1.54) is 45.7 Å². The largest absolute Gasteiger partial charge is 0.478 e. The summed E-state index contributed by atoms with van der Waals surface area (Å²) in [6.45, 7) is 0. The second-order valence-corrected chi connectivity index (χ2v) is 12.1. The van der Waals surface area contributed by atoms with Crippen molar-refractivity contribution >= 4 is 23.2 Å². The second kappa shape index (κ2) is 8.10. The van der Waals surface area contributed by atoms with Crippen LogP contribution in [0.5, 0.6) is 0 Å². The highest BCUT2D eigenvalue weighted by atomic mass is 16.4. The molecule has 3 N–H and O–H groups in total. The molecule has 0 saturated carbocycles. The summed E-state index contributed by atoms with van der Waals surface area (Å²) in [6, 6.07) is 19.8. The molecule has 198 valence electrons. The Morgan fingerprint density at radius 1 is 0.975 bits per heavy atom. The molecule has 40 heavy (non-hydrogen) atoms. The summed E-state index contributed by atoms with van der Waals surface area (Å²) >= 11 is 0. The number of nitrogens with one attached hydrogen (secondary N) is 2. The van der Waals surface area contributed by atoms with E-state index in [1.54, 1.807) is 12.1 Å². The number of carbonyl (C=O) groups is 1. The monoisotopic (exact) mass is 526 g/mol. The van der Waals surface area contributed by atoms with E-state index in [0.29, 0.717) is 23.6 Å². The molecule has 5 heterocycles. The molecule has 2 fully saturated rings. The molecular weight excluding hydrogens is 496 g/mol. The van der Waals surface area contributed by atoms with Crippen molar-refractivity contribution in [1.82, 2.24) is 9.88 Å². The zero-order valence-corrected chi connectivity index (χ0v) is 22.2. The molecular formula is C34H30N4O2. The lowest BCUT2D eigenvalue weighted by Crippen LogP contribution is -2.30. The Labute approximate surface area is 233 Å². The van der Waals surface area contributed by atoms with Crippen LogP contribution < -0.4 is 10.6 Å². The average molecular weight is 527 g/mol. The van der Waals surface area contributed by atoms with E-state index in [2.05, 4.69) is 58.0 Å². The normalized spacial score (nSPS) is 25.1. The highest BCUT2D eigenvalue weighted by molar-refractivity contribution is 5.92. The van der Waals surface area contributed by atoms with Crippen LogP contribution in [-0.4, -0.2) is 27.0 Å². The number of anilines is 2. The van der Waals surface area contributed by atoms with Crippen LogP contribution in [0.2, 0.25) is 0 Å². The molecule has 2 aliphatic carbocycles. The fraction of sp³-hybridized carbons (Fsp3) is 0.294. The number of benzene rings is 2. The first kappa shape index (κ1) is 22.5. The van der Waals surface area contributed by atoms with Gasteiger partial charge in [-0.1, -0.05) is 42.5 Å². The van der Waals surface area contributed by atoms with E-state index >= 15 is 0 Å². The summed E-state index contributed by atoms with van der Waals surface area (Å²) in [5, 5.41) is 17.0. The summed E-state index contributed by atoms with van der Waals surface area (Å²) in [7, 11) is 0. The van der Waals surface area contributed by atoms with E-state index in [9.17, 15) is 9.90 Å². The summed E-state index contributed by atoms with van der Waals surface area (Å²) in [5.74, 6) is 0.551. The first-order valence-corrected chi connectivity index (χ1v) is 14.5. The molecule has 0 bridgehead atoms. The maximum absolute atomic E-state index is 11.6. The number of carboxylic acids is 1. The van der Waals surface area contributed by atoms with Gasteiger partial charge < -0.3 is 20.6 Å². The van der Waals surface area contributed by atoms with Gasteiger partial charge in [-0.3, -0.25) is 0 Å². The van der Waals surface area contributed by atoms with Crippen molar-refractivity contribution in [3.05, 3.63) is 117 Å². The Kier molecular flexibility index (Phi) is 4.56. The number of allylic oxidation sites excluding steroid dienone is 4. The number of hydrogen-bond acceptors (Lipinski definition) is 5. The lowest BCUT2D eigenvalue weighted by molar-refractivity contribution is 0.0697. The van der Waals surface area contributed by atoms with Crippen molar-refractivity contribution < 1.29 is 9.90 Å². The van der Waals surface area contributed by atoms with Crippen molar-refractivity contribution in [3.63, 3.8) is 0 Å². The maximum atomic E-state index is 11.6. The molecule has 3 unspecified atom stereocenters. The van der Waals surface area contributed by atoms with E-state index < -0.39 is 5.97 Å². The Hall–Kier alpha value is -4.32. The molecule has 2 saturated heterocycles. The van der Waals surface area contributed by atoms with Crippen molar-refractivity contribution in [1.29, 1.82) is 0 Å². The molecule has 9 rings (SSSR count). The predicted octanol–water partition coefficient (Wildman–Crippen LogP) is 6.45. The van der Waals surface area contributed by atoms with Crippen LogP contribution in [0, 0.1) is 5.92 Å². The maximum Gasteiger partial charge on any atom is 0.335 e. The van der Waals surface area contributed by atoms with Crippen LogP contribution in [0.1, 0.15) is 70.0 Å². The summed E-state index contributed by atoms with van der Waals surface area (Å²) in [4.78, 5) is 19.5. The van der Waals surface area contributed by atoms with E-state index in [-0.39, 0.29) is 0 Å². The minimum absolute atomic E-state index is 0.307. The van der Waals surface area contributed by atoms with Gasteiger partial charge in [-0.25, -0.2) is 9.78 Å². The highest BCUT2D eigenvalue weighted by Crippen LogP contribution is 2.57. The van der Waals surface area contributed by atoms with Gasteiger partial charge in [-0.15, -0.1) is 0 Å². The molecule has 2 aromatic carbocycles. The fourth-order valence-corrected chi connectivity index (χ4v) is 7.87. The Balaban J connectivity index is 1.09. The molecule has 6 nitrogen and oxygen atoms in total. The lowest BCUT2D eigenvalue weighted by Gasteiger charge is -2.37. The molecule has 4 aliphatic heterocycles. The number of aryl methyl sites for hydroxylation is 1. The molecule has 1 aromatic heterocycles. The van der Waals surface area contributed by atoms with E-state index in [1.807, 2.05) is 6.07 Å². The van der Waals surface area contributed by atoms with Gasteiger partial charge in [0.2, 0.25) is 0 Å². The molecule has 0 spiro atoms. The lowest BCUT2D eigenvalue weighted by atomic mass is 9.80. The number of nitrogens with zero attached hydrogens (tertiary/aromatic N) is 2.